The summed E-state index contributed by atoms with van der Waals surface area (Å²) in [5.41, 5.74) is 2.74. The summed E-state index contributed by atoms with van der Waals surface area (Å²) in [6.07, 6.45) is 7.09. The summed E-state index contributed by atoms with van der Waals surface area (Å²) in [4.78, 5) is 42.3. The molecule has 37 heavy (non-hydrogen) atoms. The fourth-order valence-corrected chi connectivity index (χ4v) is 5.45. The average molecular weight is 543 g/mol. The van der Waals surface area contributed by atoms with Gasteiger partial charge in [0.15, 0.2) is 5.13 Å². The van der Waals surface area contributed by atoms with Gasteiger partial charge in [-0.15, -0.1) is 0 Å². The van der Waals surface area contributed by atoms with Gasteiger partial charge in [-0.1, -0.05) is 29.7 Å². The number of carbonyl (C=O) groups is 3. The lowest BCUT2D eigenvalue weighted by molar-refractivity contribution is -0.130. The molecule has 0 atom stereocenters. The standard InChI is InChI=1S/C17H18N4O2S2.C8H12N2O2/c1-10-6-14(11(2)5-13(10)23-4)24-15-8-18-17(25-15)20-16(22)12-7-19-21(3)9-12;1-2-8(12)10-5-3-9(7-11)4-6-10/h5-9H,1-4H3,(H,18,20,22);2,7H,1,3-6H2. The highest BCUT2D eigenvalue weighted by Crippen LogP contribution is 2.38. The van der Waals surface area contributed by atoms with Crippen LogP contribution in [-0.2, 0) is 16.6 Å². The molecule has 0 aliphatic carbocycles. The number of aryl methyl sites for hydroxylation is 3. The lowest BCUT2D eigenvalue weighted by atomic mass is 10.1. The number of benzene rings is 1. The molecule has 0 saturated carbocycles. The number of nitrogens with zero attached hydrogens (tertiary/aromatic N) is 5. The molecule has 2 aromatic heterocycles. The van der Waals surface area contributed by atoms with E-state index in [-0.39, 0.29) is 11.8 Å². The van der Waals surface area contributed by atoms with Gasteiger partial charge in [0.05, 0.1) is 29.3 Å². The van der Waals surface area contributed by atoms with Gasteiger partial charge in [-0.2, -0.15) is 5.10 Å². The lowest BCUT2D eigenvalue weighted by Gasteiger charge is -2.31. The van der Waals surface area contributed by atoms with Gasteiger partial charge in [0.25, 0.3) is 5.91 Å². The first-order chi connectivity index (χ1) is 17.7. The van der Waals surface area contributed by atoms with Crippen molar-refractivity contribution >= 4 is 46.5 Å². The van der Waals surface area contributed by atoms with Gasteiger partial charge < -0.3 is 14.5 Å². The molecule has 4 rings (SSSR count). The van der Waals surface area contributed by atoms with Gasteiger partial charge >= 0.3 is 0 Å². The number of hydrogen-bond acceptors (Lipinski definition) is 8. The van der Waals surface area contributed by atoms with E-state index in [4.69, 9.17) is 4.74 Å². The zero-order valence-corrected chi connectivity index (χ0v) is 22.9. The largest absolute Gasteiger partial charge is 0.496 e. The van der Waals surface area contributed by atoms with Crippen LogP contribution in [0.25, 0.3) is 0 Å². The van der Waals surface area contributed by atoms with E-state index in [1.807, 2.05) is 13.0 Å². The molecular formula is C25H30N6O4S2. The van der Waals surface area contributed by atoms with Crippen molar-refractivity contribution in [3.63, 3.8) is 0 Å². The van der Waals surface area contributed by atoms with E-state index >= 15 is 0 Å². The van der Waals surface area contributed by atoms with Crippen molar-refractivity contribution in [1.82, 2.24) is 24.6 Å². The summed E-state index contributed by atoms with van der Waals surface area (Å²) >= 11 is 3.07. The topological polar surface area (TPSA) is 110 Å². The van der Waals surface area contributed by atoms with Crippen molar-refractivity contribution in [1.29, 1.82) is 0 Å². The molecule has 1 aliphatic heterocycles. The second-order valence-corrected chi connectivity index (χ2v) is 10.6. The van der Waals surface area contributed by atoms with Gasteiger partial charge in [0.1, 0.15) is 5.75 Å². The minimum atomic E-state index is -0.213. The van der Waals surface area contributed by atoms with E-state index in [0.717, 1.165) is 32.4 Å². The molecule has 3 amide bonds. The fraction of sp³-hybridized carbons (Fsp3) is 0.320. The van der Waals surface area contributed by atoms with Gasteiger partial charge in [-0.3, -0.25) is 24.4 Å². The molecule has 0 unspecified atom stereocenters. The van der Waals surface area contributed by atoms with Gasteiger partial charge in [0, 0.05) is 44.3 Å². The Morgan fingerprint density at radius 1 is 1.16 bits per heavy atom. The maximum absolute atomic E-state index is 12.1. The number of hydrogen-bond donors (Lipinski definition) is 1. The number of aromatic nitrogens is 3. The molecule has 1 N–H and O–H groups in total. The Kier molecular flexibility index (Phi) is 9.86. The number of piperazine rings is 1. The van der Waals surface area contributed by atoms with Crippen LogP contribution in [0.3, 0.4) is 0 Å². The highest BCUT2D eigenvalue weighted by Gasteiger charge is 2.17. The summed E-state index contributed by atoms with van der Waals surface area (Å²) < 4.78 is 7.95. The van der Waals surface area contributed by atoms with E-state index in [1.54, 1.807) is 52.8 Å². The van der Waals surface area contributed by atoms with Crippen LogP contribution in [0.15, 0.2) is 52.5 Å². The zero-order chi connectivity index (χ0) is 26.9. The Morgan fingerprint density at radius 3 is 2.49 bits per heavy atom. The van der Waals surface area contributed by atoms with Crippen molar-refractivity contribution in [2.75, 3.05) is 38.6 Å². The van der Waals surface area contributed by atoms with Crippen molar-refractivity contribution in [2.45, 2.75) is 23.0 Å². The van der Waals surface area contributed by atoms with Crippen molar-refractivity contribution in [2.24, 2.45) is 7.05 Å². The summed E-state index contributed by atoms with van der Waals surface area (Å²) in [5, 5.41) is 7.37. The summed E-state index contributed by atoms with van der Waals surface area (Å²) in [6.45, 7) is 9.96. The average Bonchev–Trinajstić information content (AvgIpc) is 3.54. The monoisotopic (exact) mass is 542 g/mol. The van der Waals surface area contributed by atoms with Crippen LogP contribution in [0.2, 0.25) is 0 Å². The molecule has 1 aliphatic rings. The van der Waals surface area contributed by atoms with Crippen LogP contribution in [-0.4, -0.2) is 76.1 Å². The summed E-state index contributed by atoms with van der Waals surface area (Å²) in [7, 11) is 3.45. The third kappa shape index (κ3) is 7.67. The van der Waals surface area contributed by atoms with Crippen molar-refractivity contribution in [3.05, 3.63) is 60.1 Å². The number of anilines is 1. The van der Waals surface area contributed by atoms with E-state index in [2.05, 4.69) is 35.0 Å². The van der Waals surface area contributed by atoms with E-state index in [0.29, 0.717) is 36.9 Å². The number of methoxy groups -OCH3 is 1. The molecule has 12 heteroatoms. The Hall–Kier alpha value is -3.64. The number of ether oxygens (including phenoxy) is 1. The first-order valence-corrected chi connectivity index (χ1v) is 13.1. The Bertz CT molecular complexity index is 1260. The lowest BCUT2D eigenvalue weighted by Crippen LogP contribution is -2.47. The van der Waals surface area contributed by atoms with E-state index < -0.39 is 0 Å². The van der Waals surface area contributed by atoms with E-state index in [9.17, 15) is 14.4 Å². The number of rotatable bonds is 7. The Labute approximate surface area is 224 Å². The SMILES string of the molecule is C=CC(=O)N1CCN(C=O)CC1.COc1cc(C)c(Sc2cnc(NC(=O)c3cnn(C)c3)s2)cc1C. The van der Waals surface area contributed by atoms with Gasteiger partial charge in [-0.05, 0) is 43.2 Å². The molecule has 0 spiro atoms. The van der Waals surface area contributed by atoms with Crippen LogP contribution in [0.4, 0.5) is 5.13 Å². The van der Waals surface area contributed by atoms with Crippen LogP contribution < -0.4 is 10.1 Å². The third-order valence-corrected chi connectivity index (χ3v) is 7.70. The molecule has 3 aromatic rings. The van der Waals surface area contributed by atoms with Crippen LogP contribution >= 0.6 is 23.1 Å². The second kappa shape index (κ2) is 13.1. The highest BCUT2D eigenvalue weighted by atomic mass is 32.2. The fourth-order valence-electron chi connectivity index (χ4n) is 3.45. The smallest absolute Gasteiger partial charge is 0.260 e. The molecule has 0 radical (unpaired) electrons. The molecular weight excluding hydrogens is 512 g/mol. The molecule has 196 valence electrons. The Balaban J connectivity index is 0.000000266. The third-order valence-electron chi connectivity index (χ3n) is 5.52. The molecule has 0 bridgehead atoms. The van der Waals surface area contributed by atoms with E-state index in [1.165, 1.54) is 23.6 Å². The number of amides is 3. The molecule has 1 fully saturated rings. The predicted octanol–water partition coefficient (Wildman–Crippen LogP) is 3.38. The first-order valence-electron chi connectivity index (χ1n) is 11.4. The van der Waals surface area contributed by atoms with Crippen molar-refractivity contribution < 1.29 is 19.1 Å². The van der Waals surface area contributed by atoms with Gasteiger partial charge in [-0.25, -0.2) is 4.98 Å². The first kappa shape index (κ1) is 27.9. The number of nitrogens with one attached hydrogen (secondary N) is 1. The second-order valence-electron chi connectivity index (χ2n) is 8.20. The maximum Gasteiger partial charge on any atom is 0.260 e. The number of carbonyl (C=O) groups excluding carboxylic acids is 3. The Morgan fingerprint density at radius 2 is 1.89 bits per heavy atom. The van der Waals surface area contributed by atoms with Gasteiger partial charge in [0.2, 0.25) is 12.3 Å². The molecule has 1 saturated heterocycles. The molecule has 10 nitrogen and oxygen atoms in total. The molecule has 1 aromatic carbocycles. The van der Waals surface area contributed by atoms with Crippen LogP contribution in [0, 0.1) is 13.8 Å². The number of thiazole rings is 1. The van der Waals surface area contributed by atoms with Crippen LogP contribution in [0.1, 0.15) is 21.5 Å². The predicted molar refractivity (Wildman–Crippen MR) is 144 cm³/mol. The van der Waals surface area contributed by atoms with Crippen LogP contribution in [0.5, 0.6) is 5.75 Å². The quantitative estimate of drug-likeness (QED) is 0.360. The summed E-state index contributed by atoms with van der Waals surface area (Å²) in [5.74, 6) is 0.617. The minimum Gasteiger partial charge on any atom is -0.496 e. The summed E-state index contributed by atoms with van der Waals surface area (Å²) in [6, 6.07) is 4.14. The normalized spacial score (nSPS) is 12.9. The highest BCUT2D eigenvalue weighted by molar-refractivity contribution is 8.01. The van der Waals surface area contributed by atoms with Crippen molar-refractivity contribution in [3.8, 4) is 5.75 Å². The molecule has 3 heterocycles. The zero-order valence-electron chi connectivity index (χ0n) is 21.3. The minimum absolute atomic E-state index is 0.0550. The maximum atomic E-state index is 12.1.